The lowest BCUT2D eigenvalue weighted by molar-refractivity contribution is 0.0960. The van der Waals surface area contributed by atoms with E-state index in [2.05, 4.69) is 5.32 Å². The van der Waals surface area contributed by atoms with Gasteiger partial charge in [-0.25, -0.2) is 0 Å². The summed E-state index contributed by atoms with van der Waals surface area (Å²) in [5.74, 6) is 0.298. The third-order valence-corrected chi connectivity index (χ3v) is 3.30. The summed E-state index contributed by atoms with van der Waals surface area (Å²) in [7, 11) is 1.54. The number of carbonyl (C=O) groups excluding carboxylic acids is 1. The third-order valence-electron chi connectivity index (χ3n) is 3.30. The number of aromatic hydroxyl groups is 1. The van der Waals surface area contributed by atoms with Gasteiger partial charge >= 0.3 is 0 Å². The highest BCUT2D eigenvalue weighted by Gasteiger charge is 2.16. The quantitative estimate of drug-likeness (QED) is 0.865. The molecule has 1 aromatic rings. The van der Waals surface area contributed by atoms with Gasteiger partial charge in [0, 0.05) is 13.1 Å². The molecule has 1 fully saturated rings. The summed E-state index contributed by atoms with van der Waals surface area (Å²) in [4.78, 5) is 11.4. The van der Waals surface area contributed by atoms with Crippen LogP contribution in [-0.4, -0.2) is 24.2 Å². The van der Waals surface area contributed by atoms with Gasteiger partial charge in [0.25, 0.3) is 5.91 Å². The fraction of sp³-hybridized carbons (Fsp3) is 0.500. The van der Waals surface area contributed by atoms with Gasteiger partial charge in [0.05, 0.1) is 11.7 Å². The van der Waals surface area contributed by atoms with Crippen LogP contribution in [-0.2, 0) is 0 Å². The van der Waals surface area contributed by atoms with E-state index in [1.54, 1.807) is 12.1 Å². The van der Waals surface area contributed by atoms with Crippen molar-refractivity contribution in [2.45, 2.75) is 38.2 Å². The van der Waals surface area contributed by atoms with Crippen LogP contribution in [0.2, 0.25) is 0 Å². The molecule has 0 aromatic heterocycles. The van der Waals surface area contributed by atoms with Gasteiger partial charge in [0.1, 0.15) is 11.5 Å². The molecule has 98 valence electrons. The molecular weight excluding hydrogens is 230 g/mol. The Kier molecular flexibility index (Phi) is 4.07. The Morgan fingerprint density at radius 3 is 2.67 bits per heavy atom. The number of phenols is 1. The second kappa shape index (κ2) is 5.76. The average Bonchev–Trinajstić information content (AvgIpc) is 2.39. The highest BCUT2D eigenvalue weighted by molar-refractivity contribution is 5.96. The van der Waals surface area contributed by atoms with Crippen molar-refractivity contribution >= 4 is 5.91 Å². The predicted octanol–water partition coefficient (Wildman–Crippen LogP) is 2.46. The van der Waals surface area contributed by atoms with Crippen LogP contribution in [0.4, 0.5) is 0 Å². The number of phenolic OH excluding ortho intramolecular Hbond substituents is 1. The first-order valence-corrected chi connectivity index (χ1v) is 6.42. The normalized spacial score (nSPS) is 16.3. The first-order valence-electron chi connectivity index (χ1n) is 6.42. The maximum absolute atomic E-state index is 11.4. The molecule has 1 amide bonds. The Bertz CT molecular complexity index is 425. The van der Waals surface area contributed by atoms with E-state index < -0.39 is 0 Å². The van der Waals surface area contributed by atoms with Crippen molar-refractivity contribution in [2.24, 2.45) is 0 Å². The molecule has 2 N–H and O–H groups in total. The summed E-state index contributed by atoms with van der Waals surface area (Å²) >= 11 is 0. The Labute approximate surface area is 107 Å². The Hall–Kier alpha value is -1.71. The molecule has 1 saturated carbocycles. The van der Waals surface area contributed by atoms with Gasteiger partial charge in [-0.05, 0) is 37.8 Å². The number of hydrogen-bond acceptors (Lipinski definition) is 3. The molecule has 0 bridgehead atoms. The highest BCUT2D eigenvalue weighted by atomic mass is 16.5. The summed E-state index contributed by atoms with van der Waals surface area (Å²) in [5.41, 5.74) is 0.272. The lowest BCUT2D eigenvalue weighted by atomic mass is 9.98. The summed E-state index contributed by atoms with van der Waals surface area (Å²) in [6, 6.07) is 4.84. The fourth-order valence-corrected chi connectivity index (χ4v) is 2.29. The Balaban J connectivity index is 2.06. The molecular formula is C14H19NO3. The van der Waals surface area contributed by atoms with Crippen molar-refractivity contribution in [3.8, 4) is 11.5 Å². The van der Waals surface area contributed by atoms with Gasteiger partial charge in [0.2, 0.25) is 0 Å². The number of ether oxygens (including phenoxy) is 1. The van der Waals surface area contributed by atoms with Crippen LogP contribution < -0.4 is 10.1 Å². The molecule has 4 nitrogen and oxygen atoms in total. The van der Waals surface area contributed by atoms with Crippen LogP contribution >= 0.6 is 0 Å². The number of hydrogen-bond donors (Lipinski definition) is 2. The molecule has 0 aliphatic heterocycles. The van der Waals surface area contributed by atoms with Crippen molar-refractivity contribution in [3.63, 3.8) is 0 Å². The van der Waals surface area contributed by atoms with Crippen molar-refractivity contribution in [2.75, 3.05) is 7.05 Å². The van der Waals surface area contributed by atoms with Gasteiger partial charge in [0.15, 0.2) is 0 Å². The van der Waals surface area contributed by atoms with E-state index in [4.69, 9.17) is 4.74 Å². The maximum atomic E-state index is 11.4. The van der Waals surface area contributed by atoms with Gasteiger partial charge in [-0.15, -0.1) is 0 Å². The number of carbonyl (C=O) groups is 1. The van der Waals surface area contributed by atoms with E-state index in [1.165, 1.54) is 32.4 Å². The minimum Gasteiger partial charge on any atom is -0.507 e. The zero-order chi connectivity index (χ0) is 13.0. The average molecular weight is 249 g/mol. The van der Waals surface area contributed by atoms with Crippen LogP contribution in [0.15, 0.2) is 18.2 Å². The van der Waals surface area contributed by atoms with Crippen LogP contribution in [0.3, 0.4) is 0 Å². The van der Waals surface area contributed by atoms with Crippen molar-refractivity contribution in [3.05, 3.63) is 23.8 Å². The number of benzene rings is 1. The summed E-state index contributed by atoms with van der Waals surface area (Å²) < 4.78 is 5.81. The van der Waals surface area contributed by atoms with Crippen molar-refractivity contribution in [1.82, 2.24) is 5.32 Å². The predicted molar refractivity (Wildman–Crippen MR) is 69.0 cm³/mol. The van der Waals surface area contributed by atoms with Gasteiger partial charge in [-0.2, -0.15) is 0 Å². The zero-order valence-corrected chi connectivity index (χ0v) is 10.6. The first-order chi connectivity index (χ1) is 8.70. The first kappa shape index (κ1) is 12.7. The minimum atomic E-state index is -0.295. The second-order valence-corrected chi connectivity index (χ2v) is 4.64. The van der Waals surface area contributed by atoms with E-state index in [9.17, 15) is 9.90 Å². The molecule has 0 spiro atoms. The summed E-state index contributed by atoms with van der Waals surface area (Å²) in [6.45, 7) is 0. The number of amides is 1. The smallest absolute Gasteiger partial charge is 0.254 e. The van der Waals surface area contributed by atoms with Crippen LogP contribution in [0.25, 0.3) is 0 Å². The van der Waals surface area contributed by atoms with Crippen LogP contribution in [0.5, 0.6) is 11.5 Å². The van der Waals surface area contributed by atoms with Crippen LogP contribution in [0.1, 0.15) is 42.5 Å². The van der Waals surface area contributed by atoms with Crippen molar-refractivity contribution < 1.29 is 14.6 Å². The Morgan fingerprint density at radius 2 is 2.06 bits per heavy atom. The summed E-state index contributed by atoms with van der Waals surface area (Å²) in [5, 5.41) is 12.3. The van der Waals surface area contributed by atoms with Gasteiger partial charge < -0.3 is 15.2 Å². The standard InChI is InChI=1S/C14H19NO3/c1-15-14(17)12-8-7-11(9-13(12)16)18-10-5-3-2-4-6-10/h7-10,16H,2-6H2,1H3,(H,15,17). The molecule has 0 unspecified atom stereocenters. The molecule has 1 aliphatic carbocycles. The molecule has 0 radical (unpaired) electrons. The highest BCUT2D eigenvalue weighted by Crippen LogP contribution is 2.27. The third kappa shape index (κ3) is 2.94. The maximum Gasteiger partial charge on any atom is 0.254 e. The molecule has 0 atom stereocenters. The van der Waals surface area contributed by atoms with E-state index in [-0.39, 0.29) is 23.3 Å². The molecule has 18 heavy (non-hydrogen) atoms. The zero-order valence-electron chi connectivity index (χ0n) is 10.6. The molecule has 1 aliphatic rings. The lowest BCUT2D eigenvalue weighted by Gasteiger charge is -2.23. The minimum absolute atomic E-state index is 0.0392. The van der Waals surface area contributed by atoms with E-state index in [0.717, 1.165) is 12.8 Å². The molecule has 1 aromatic carbocycles. The van der Waals surface area contributed by atoms with Crippen LogP contribution in [0, 0.1) is 0 Å². The Morgan fingerprint density at radius 1 is 1.33 bits per heavy atom. The van der Waals surface area contributed by atoms with Gasteiger partial charge in [-0.1, -0.05) is 6.42 Å². The largest absolute Gasteiger partial charge is 0.507 e. The van der Waals surface area contributed by atoms with Gasteiger partial charge in [-0.3, -0.25) is 4.79 Å². The van der Waals surface area contributed by atoms with Crippen molar-refractivity contribution in [1.29, 1.82) is 0 Å². The SMILES string of the molecule is CNC(=O)c1ccc(OC2CCCCC2)cc1O. The lowest BCUT2D eigenvalue weighted by Crippen LogP contribution is -2.20. The molecule has 0 heterocycles. The molecule has 2 rings (SSSR count). The van der Waals surface area contributed by atoms with E-state index >= 15 is 0 Å². The monoisotopic (exact) mass is 249 g/mol. The molecule has 0 saturated heterocycles. The fourth-order valence-electron chi connectivity index (χ4n) is 2.29. The molecule has 4 heteroatoms. The van der Waals surface area contributed by atoms with E-state index in [1.807, 2.05) is 0 Å². The summed E-state index contributed by atoms with van der Waals surface area (Å²) in [6.07, 6.45) is 6.06. The topological polar surface area (TPSA) is 58.6 Å². The number of nitrogens with one attached hydrogen (secondary N) is 1. The second-order valence-electron chi connectivity index (χ2n) is 4.64. The van der Waals surface area contributed by atoms with E-state index in [0.29, 0.717) is 5.75 Å². The number of rotatable bonds is 3.